The van der Waals surface area contributed by atoms with Crippen LogP contribution in [0.3, 0.4) is 0 Å². The van der Waals surface area contributed by atoms with E-state index in [0.29, 0.717) is 12.8 Å². The fraction of sp³-hybridized carbons (Fsp3) is 0.833. The lowest BCUT2D eigenvalue weighted by Gasteiger charge is -2.39. The Labute approximate surface area is 103 Å². The van der Waals surface area contributed by atoms with E-state index in [9.17, 15) is 14.7 Å². The number of hydrogen-bond acceptors (Lipinski definition) is 3. The first kappa shape index (κ1) is 15.9. The van der Waals surface area contributed by atoms with E-state index in [4.69, 9.17) is 0 Å². The molecule has 0 spiro atoms. The number of carboxylic acid groups (broad SMARTS) is 1. The second kappa shape index (κ2) is 6.59. The number of nitrogens with one attached hydrogen (secondary N) is 1. The van der Waals surface area contributed by atoms with Gasteiger partial charge in [0.2, 0.25) is 5.91 Å². The van der Waals surface area contributed by atoms with Crippen LogP contribution in [0.25, 0.3) is 0 Å². The summed E-state index contributed by atoms with van der Waals surface area (Å²) in [5, 5.41) is 14.0. The normalized spacial score (nSPS) is 15.1. The lowest BCUT2D eigenvalue weighted by atomic mass is 10.0. The molecule has 0 fully saturated rings. The number of amides is 1. The SMILES string of the molecule is CCCC(=O)NC(CC)C(C(=O)[O-])[N+](C)(C)C. The first-order valence-electron chi connectivity index (χ1n) is 6.05. The average Bonchev–Trinajstić information content (AvgIpc) is 2.14. The molecule has 100 valence electrons. The van der Waals surface area contributed by atoms with Crippen LogP contribution in [0.1, 0.15) is 33.1 Å². The summed E-state index contributed by atoms with van der Waals surface area (Å²) < 4.78 is 0.229. The Morgan fingerprint density at radius 1 is 1.24 bits per heavy atom. The summed E-state index contributed by atoms with van der Waals surface area (Å²) in [7, 11) is 5.36. The van der Waals surface area contributed by atoms with Crippen LogP contribution in [0.4, 0.5) is 0 Å². The zero-order valence-electron chi connectivity index (χ0n) is 11.4. The Balaban J connectivity index is 4.81. The van der Waals surface area contributed by atoms with Gasteiger partial charge >= 0.3 is 0 Å². The number of aliphatic carboxylic acids is 1. The van der Waals surface area contributed by atoms with E-state index >= 15 is 0 Å². The highest BCUT2D eigenvalue weighted by atomic mass is 16.4. The van der Waals surface area contributed by atoms with Gasteiger partial charge in [0.05, 0.1) is 27.2 Å². The van der Waals surface area contributed by atoms with Crippen LogP contribution in [-0.2, 0) is 9.59 Å². The molecule has 0 saturated heterocycles. The number of carbonyl (C=O) groups excluding carboxylic acids is 2. The Morgan fingerprint density at radius 3 is 2.06 bits per heavy atom. The topological polar surface area (TPSA) is 69.2 Å². The number of hydrogen-bond donors (Lipinski definition) is 1. The Kier molecular flexibility index (Phi) is 6.16. The zero-order valence-corrected chi connectivity index (χ0v) is 11.4. The highest BCUT2D eigenvalue weighted by Crippen LogP contribution is 2.11. The van der Waals surface area contributed by atoms with Crippen LogP contribution in [0, 0.1) is 0 Å². The Hall–Kier alpha value is -1.10. The summed E-state index contributed by atoms with van der Waals surface area (Å²) in [6, 6.07) is -1.13. The van der Waals surface area contributed by atoms with Crippen LogP contribution in [0.5, 0.6) is 0 Å². The van der Waals surface area contributed by atoms with Crippen molar-refractivity contribution >= 4 is 11.9 Å². The summed E-state index contributed by atoms with van der Waals surface area (Å²) in [4.78, 5) is 22.7. The number of nitrogens with zero attached hydrogens (tertiary/aromatic N) is 1. The van der Waals surface area contributed by atoms with Crippen molar-refractivity contribution in [2.75, 3.05) is 21.1 Å². The highest BCUT2D eigenvalue weighted by molar-refractivity contribution is 5.78. The van der Waals surface area contributed by atoms with Gasteiger partial charge in [-0.2, -0.15) is 0 Å². The minimum Gasteiger partial charge on any atom is -0.544 e. The first-order chi connectivity index (χ1) is 7.73. The molecule has 17 heavy (non-hydrogen) atoms. The molecule has 0 aliphatic heterocycles. The van der Waals surface area contributed by atoms with E-state index in [2.05, 4.69) is 5.32 Å². The second-order valence-electron chi connectivity index (χ2n) is 5.21. The first-order valence-corrected chi connectivity index (χ1v) is 6.05. The molecule has 5 heteroatoms. The van der Waals surface area contributed by atoms with Crippen LogP contribution in [-0.4, -0.2) is 49.6 Å². The minimum absolute atomic E-state index is 0.0981. The number of carboxylic acids is 1. The lowest BCUT2D eigenvalue weighted by Crippen LogP contribution is -2.64. The maximum Gasteiger partial charge on any atom is 0.220 e. The molecule has 0 heterocycles. The van der Waals surface area contributed by atoms with Gasteiger partial charge in [-0.3, -0.25) is 4.79 Å². The fourth-order valence-corrected chi connectivity index (χ4v) is 1.93. The fourth-order valence-electron chi connectivity index (χ4n) is 1.93. The molecule has 0 aromatic heterocycles. The Bertz CT molecular complexity index is 271. The average molecular weight is 244 g/mol. The molecule has 2 unspecified atom stereocenters. The van der Waals surface area contributed by atoms with Crippen LogP contribution >= 0.6 is 0 Å². The molecule has 0 aliphatic rings. The molecule has 2 atom stereocenters. The summed E-state index contributed by atoms with van der Waals surface area (Å²) in [5.74, 6) is -1.22. The summed E-state index contributed by atoms with van der Waals surface area (Å²) in [6.07, 6.45) is 1.75. The smallest absolute Gasteiger partial charge is 0.220 e. The third-order valence-electron chi connectivity index (χ3n) is 2.72. The van der Waals surface area contributed by atoms with E-state index in [1.165, 1.54) is 0 Å². The molecule has 0 rings (SSSR count). The molecule has 0 aromatic rings. The molecule has 0 aliphatic carbocycles. The molecule has 1 N–H and O–H groups in total. The predicted molar refractivity (Wildman–Crippen MR) is 64.0 cm³/mol. The van der Waals surface area contributed by atoms with Gasteiger partial charge in [0, 0.05) is 6.42 Å². The number of quaternary nitrogens is 1. The molecule has 0 radical (unpaired) electrons. The van der Waals surface area contributed by atoms with E-state index in [0.717, 1.165) is 6.42 Å². The van der Waals surface area contributed by atoms with Crippen LogP contribution in [0.15, 0.2) is 0 Å². The van der Waals surface area contributed by atoms with Gasteiger partial charge in [-0.25, -0.2) is 0 Å². The van der Waals surface area contributed by atoms with Gasteiger partial charge in [0.25, 0.3) is 0 Å². The van der Waals surface area contributed by atoms with E-state index in [1.54, 1.807) is 21.1 Å². The second-order valence-corrected chi connectivity index (χ2v) is 5.21. The van der Waals surface area contributed by atoms with Crippen molar-refractivity contribution in [2.45, 2.75) is 45.2 Å². The van der Waals surface area contributed by atoms with Crippen molar-refractivity contribution in [1.29, 1.82) is 0 Å². The van der Waals surface area contributed by atoms with Gasteiger partial charge < -0.3 is 19.7 Å². The minimum atomic E-state index is -1.12. The maximum absolute atomic E-state index is 11.5. The van der Waals surface area contributed by atoms with E-state index in [1.807, 2.05) is 13.8 Å². The van der Waals surface area contributed by atoms with Gasteiger partial charge in [-0.1, -0.05) is 13.8 Å². The predicted octanol–water partition coefficient (Wildman–Crippen LogP) is -0.494. The summed E-state index contributed by atoms with van der Waals surface area (Å²) in [6.45, 7) is 3.78. The lowest BCUT2D eigenvalue weighted by molar-refractivity contribution is -0.890. The largest absolute Gasteiger partial charge is 0.544 e. The number of rotatable bonds is 7. The van der Waals surface area contributed by atoms with Gasteiger partial charge in [0.15, 0.2) is 0 Å². The molecule has 1 amide bonds. The summed E-state index contributed by atoms with van der Waals surface area (Å²) in [5.41, 5.74) is 0. The molecule has 5 nitrogen and oxygen atoms in total. The molecule has 0 saturated carbocycles. The summed E-state index contributed by atoms with van der Waals surface area (Å²) >= 11 is 0. The van der Waals surface area contributed by atoms with Crippen molar-refractivity contribution in [3.63, 3.8) is 0 Å². The standard InChI is InChI=1S/C12H24N2O3/c1-6-8-10(15)13-9(7-2)11(12(16)17)14(3,4)5/h9,11H,6-8H2,1-5H3,(H-,13,15,16,17). The third kappa shape index (κ3) is 5.17. The molecule has 0 aromatic carbocycles. The molecular weight excluding hydrogens is 220 g/mol. The molecule has 0 bridgehead atoms. The van der Waals surface area contributed by atoms with Crippen molar-refractivity contribution in [1.82, 2.24) is 5.32 Å². The maximum atomic E-state index is 11.5. The van der Waals surface area contributed by atoms with Gasteiger partial charge in [0.1, 0.15) is 12.0 Å². The van der Waals surface area contributed by atoms with Crippen LogP contribution < -0.4 is 10.4 Å². The quantitative estimate of drug-likeness (QED) is 0.614. The number of likely N-dealkylation sites (N-methyl/N-ethyl adjacent to an activating group) is 1. The van der Waals surface area contributed by atoms with Crippen molar-refractivity contribution in [3.05, 3.63) is 0 Å². The van der Waals surface area contributed by atoms with Gasteiger partial charge in [-0.15, -0.1) is 0 Å². The van der Waals surface area contributed by atoms with Crippen LogP contribution in [0.2, 0.25) is 0 Å². The van der Waals surface area contributed by atoms with Crippen molar-refractivity contribution < 1.29 is 19.2 Å². The van der Waals surface area contributed by atoms with Crippen molar-refractivity contribution in [3.8, 4) is 0 Å². The molecular formula is C12H24N2O3. The van der Waals surface area contributed by atoms with E-state index in [-0.39, 0.29) is 16.4 Å². The Morgan fingerprint density at radius 2 is 1.76 bits per heavy atom. The monoisotopic (exact) mass is 244 g/mol. The van der Waals surface area contributed by atoms with Crippen molar-refractivity contribution in [2.24, 2.45) is 0 Å². The zero-order chi connectivity index (χ0) is 13.6. The number of carbonyl (C=O) groups is 2. The highest BCUT2D eigenvalue weighted by Gasteiger charge is 2.33. The van der Waals surface area contributed by atoms with Gasteiger partial charge in [-0.05, 0) is 12.8 Å². The van der Waals surface area contributed by atoms with E-state index < -0.39 is 12.0 Å². The third-order valence-corrected chi connectivity index (χ3v) is 2.72.